The number of hydrogen-bond donors (Lipinski definition) is 2. The van der Waals surface area contributed by atoms with Crippen molar-refractivity contribution in [2.45, 2.75) is 31.8 Å². The summed E-state index contributed by atoms with van der Waals surface area (Å²) in [7, 11) is 0. The highest BCUT2D eigenvalue weighted by molar-refractivity contribution is 6.33. The van der Waals surface area contributed by atoms with Crippen LogP contribution in [0.1, 0.15) is 24.8 Å². The number of nitrogens with two attached hydrogens (primary N) is 1. The Hall–Kier alpha value is -0.770. The first kappa shape index (κ1) is 12.7. The highest BCUT2D eigenvalue weighted by atomic mass is 35.5. The lowest BCUT2D eigenvalue weighted by Gasteiger charge is -2.37. The van der Waals surface area contributed by atoms with Gasteiger partial charge in [0.1, 0.15) is 0 Å². The molecule has 1 saturated carbocycles. The van der Waals surface area contributed by atoms with E-state index in [0.717, 1.165) is 18.7 Å². The lowest BCUT2D eigenvalue weighted by atomic mass is 9.91. The topological polar surface area (TPSA) is 49.5 Å². The van der Waals surface area contributed by atoms with Crippen molar-refractivity contribution >= 4 is 17.3 Å². The van der Waals surface area contributed by atoms with Crippen LogP contribution in [0.5, 0.6) is 0 Å². The van der Waals surface area contributed by atoms with Crippen LogP contribution in [0, 0.1) is 0 Å². The van der Waals surface area contributed by atoms with Gasteiger partial charge in [-0.1, -0.05) is 24.1 Å². The van der Waals surface area contributed by atoms with Crippen LogP contribution in [0.3, 0.4) is 0 Å². The fraction of sp³-hybridized carbons (Fsp3) is 0.538. The summed E-state index contributed by atoms with van der Waals surface area (Å²) in [6.07, 6.45) is 3.78. The second kappa shape index (κ2) is 5.71. The molecule has 3 nitrogen and oxygen atoms in total. The second-order valence-corrected chi connectivity index (χ2v) is 5.04. The summed E-state index contributed by atoms with van der Waals surface area (Å²) in [6.45, 7) is 1.78. The summed E-state index contributed by atoms with van der Waals surface area (Å²) in [5.74, 6) is 0. The van der Waals surface area contributed by atoms with E-state index in [1.165, 1.54) is 19.3 Å². The summed E-state index contributed by atoms with van der Waals surface area (Å²) >= 11 is 5.90. The summed E-state index contributed by atoms with van der Waals surface area (Å²) < 4.78 is 0. The normalized spacial score (nSPS) is 16.2. The number of nitrogen functional groups attached to an aromatic ring is 1. The smallest absolute Gasteiger partial charge is 0.0635 e. The molecule has 0 atom stereocenters. The third kappa shape index (κ3) is 3.12. The van der Waals surface area contributed by atoms with Gasteiger partial charge in [-0.3, -0.25) is 4.90 Å². The van der Waals surface area contributed by atoms with E-state index in [9.17, 15) is 0 Å². The monoisotopic (exact) mass is 254 g/mol. The molecule has 0 unspecified atom stereocenters. The molecule has 0 saturated heterocycles. The van der Waals surface area contributed by atoms with Gasteiger partial charge >= 0.3 is 0 Å². The number of benzene rings is 1. The van der Waals surface area contributed by atoms with Crippen LogP contribution in [0.25, 0.3) is 0 Å². The van der Waals surface area contributed by atoms with Gasteiger partial charge in [0.05, 0.1) is 17.3 Å². The van der Waals surface area contributed by atoms with E-state index in [4.69, 9.17) is 22.4 Å². The van der Waals surface area contributed by atoms with Gasteiger partial charge in [-0.25, -0.2) is 0 Å². The van der Waals surface area contributed by atoms with Crippen molar-refractivity contribution in [3.8, 4) is 0 Å². The van der Waals surface area contributed by atoms with Crippen molar-refractivity contribution in [3.63, 3.8) is 0 Å². The molecule has 0 aromatic heterocycles. The van der Waals surface area contributed by atoms with Gasteiger partial charge in [0.25, 0.3) is 0 Å². The second-order valence-electron chi connectivity index (χ2n) is 4.63. The SMILES string of the molecule is Nc1cc(CN(CCO)C2CCC2)ccc1Cl. The molecule has 1 aromatic rings. The van der Waals surface area contributed by atoms with E-state index in [0.29, 0.717) is 16.8 Å². The molecule has 3 N–H and O–H groups in total. The molecular weight excluding hydrogens is 236 g/mol. The Balaban J connectivity index is 2.02. The van der Waals surface area contributed by atoms with E-state index in [1.54, 1.807) is 0 Å². The summed E-state index contributed by atoms with van der Waals surface area (Å²) in [6, 6.07) is 6.39. The number of aliphatic hydroxyl groups excluding tert-OH is 1. The standard InChI is InChI=1S/C13H19ClN2O/c14-12-5-4-10(8-13(12)15)9-16(6-7-17)11-2-1-3-11/h4-5,8,11,17H,1-3,6-7,9,15H2. The first-order valence-corrected chi connectivity index (χ1v) is 6.47. The van der Waals surface area contributed by atoms with Crippen molar-refractivity contribution in [3.05, 3.63) is 28.8 Å². The van der Waals surface area contributed by atoms with E-state index in [1.807, 2.05) is 18.2 Å². The largest absolute Gasteiger partial charge is 0.398 e. The lowest BCUT2D eigenvalue weighted by Crippen LogP contribution is -2.41. The van der Waals surface area contributed by atoms with Gasteiger partial charge in [0, 0.05) is 19.1 Å². The Bertz CT molecular complexity index is 380. The maximum Gasteiger partial charge on any atom is 0.0635 e. The molecule has 0 radical (unpaired) electrons. The molecular formula is C13H19ClN2O. The van der Waals surface area contributed by atoms with Crippen LogP contribution in [-0.2, 0) is 6.54 Å². The lowest BCUT2D eigenvalue weighted by molar-refractivity contribution is 0.0946. The highest BCUT2D eigenvalue weighted by Gasteiger charge is 2.24. The van der Waals surface area contributed by atoms with Crippen molar-refractivity contribution in [1.82, 2.24) is 4.90 Å². The van der Waals surface area contributed by atoms with Crippen molar-refractivity contribution in [2.24, 2.45) is 0 Å². The molecule has 4 heteroatoms. The first-order chi connectivity index (χ1) is 8.20. The average Bonchev–Trinajstić information content (AvgIpc) is 2.21. The van der Waals surface area contributed by atoms with Crippen LogP contribution in [0.15, 0.2) is 18.2 Å². The molecule has 0 aliphatic heterocycles. The van der Waals surface area contributed by atoms with E-state index in [2.05, 4.69) is 4.90 Å². The molecule has 1 aliphatic carbocycles. The van der Waals surface area contributed by atoms with Gasteiger partial charge in [0.15, 0.2) is 0 Å². The molecule has 2 rings (SSSR count). The Morgan fingerprint density at radius 1 is 1.41 bits per heavy atom. The van der Waals surface area contributed by atoms with E-state index in [-0.39, 0.29) is 6.61 Å². The number of aliphatic hydroxyl groups is 1. The first-order valence-electron chi connectivity index (χ1n) is 6.09. The molecule has 94 valence electrons. The van der Waals surface area contributed by atoms with Gasteiger partial charge in [-0.05, 0) is 30.5 Å². The Labute approximate surface area is 107 Å². The summed E-state index contributed by atoms with van der Waals surface area (Å²) in [4.78, 5) is 2.33. The third-order valence-electron chi connectivity index (χ3n) is 3.42. The van der Waals surface area contributed by atoms with Crippen molar-refractivity contribution in [1.29, 1.82) is 0 Å². The molecule has 17 heavy (non-hydrogen) atoms. The molecule has 1 aromatic carbocycles. The molecule has 1 aliphatic rings. The fourth-order valence-corrected chi connectivity index (χ4v) is 2.31. The quantitative estimate of drug-likeness (QED) is 0.793. The van der Waals surface area contributed by atoms with Gasteiger partial charge in [-0.15, -0.1) is 0 Å². The molecule has 0 amide bonds. The predicted molar refractivity (Wildman–Crippen MR) is 71.0 cm³/mol. The van der Waals surface area contributed by atoms with Crippen molar-refractivity contribution in [2.75, 3.05) is 18.9 Å². The maximum absolute atomic E-state index is 9.09. The minimum atomic E-state index is 0.208. The number of rotatable bonds is 5. The van der Waals surface area contributed by atoms with Crippen LogP contribution >= 0.6 is 11.6 Å². The number of halogens is 1. The van der Waals surface area contributed by atoms with Gasteiger partial charge in [0.2, 0.25) is 0 Å². The van der Waals surface area contributed by atoms with E-state index < -0.39 is 0 Å². The third-order valence-corrected chi connectivity index (χ3v) is 3.77. The zero-order valence-electron chi connectivity index (χ0n) is 9.90. The molecule has 0 bridgehead atoms. The Kier molecular flexibility index (Phi) is 4.26. The minimum absolute atomic E-state index is 0.208. The molecule has 1 fully saturated rings. The fourth-order valence-electron chi connectivity index (χ4n) is 2.20. The van der Waals surface area contributed by atoms with Crippen LogP contribution in [0.4, 0.5) is 5.69 Å². The summed E-state index contributed by atoms with van der Waals surface area (Å²) in [5.41, 5.74) is 7.58. The zero-order valence-corrected chi connectivity index (χ0v) is 10.7. The van der Waals surface area contributed by atoms with Crippen molar-refractivity contribution < 1.29 is 5.11 Å². The van der Waals surface area contributed by atoms with Gasteiger partial charge < -0.3 is 10.8 Å². The number of anilines is 1. The zero-order chi connectivity index (χ0) is 12.3. The average molecular weight is 255 g/mol. The Morgan fingerprint density at radius 3 is 2.71 bits per heavy atom. The molecule has 0 heterocycles. The maximum atomic E-state index is 9.09. The molecule has 0 spiro atoms. The summed E-state index contributed by atoms with van der Waals surface area (Å²) in [5, 5.41) is 9.70. The van der Waals surface area contributed by atoms with E-state index >= 15 is 0 Å². The van der Waals surface area contributed by atoms with Crippen LogP contribution in [0.2, 0.25) is 5.02 Å². The Morgan fingerprint density at radius 2 is 2.18 bits per heavy atom. The minimum Gasteiger partial charge on any atom is -0.398 e. The number of nitrogens with zero attached hydrogens (tertiary/aromatic N) is 1. The van der Waals surface area contributed by atoms with Gasteiger partial charge in [-0.2, -0.15) is 0 Å². The van der Waals surface area contributed by atoms with Crippen LogP contribution in [-0.4, -0.2) is 29.2 Å². The van der Waals surface area contributed by atoms with Crippen LogP contribution < -0.4 is 5.73 Å². The number of hydrogen-bond acceptors (Lipinski definition) is 3. The highest BCUT2D eigenvalue weighted by Crippen LogP contribution is 2.27. The predicted octanol–water partition coefficient (Wildman–Crippen LogP) is 2.27.